The summed E-state index contributed by atoms with van der Waals surface area (Å²) >= 11 is 0. The van der Waals surface area contributed by atoms with Crippen molar-refractivity contribution in [1.82, 2.24) is 4.98 Å². The maximum absolute atomic E-state index is 12.9. The molecular formula is C23H21F3N2O3S. The molecule has 9 heteroatoms. The van der Waals surface area contributed by atoms with Crippen LogP contribution in [0.15, 0.2) is 60.8 Å². The normalized spacial score (nSPS) is 14.6. The van der Waals surface area contributed by atoms with Gasteiger partial charge in [0.1, 0.15) is 29.0 Å². The lowest BCUT2D eigenvalue weighted by atomic mass is 10.1. The fourth-order valence-corrected chi connectivity index (χ4v) is 4.18. The molecule has 1 aliphatic rings. The number of ether oxygens (including phenoxy) is 2. The van der Waals surface area contributed by atoms with Crippen LogP contribution in [0.1, 0.15) is 24.0 Å². The second-order valence-corrected chi connectivity index (χ2v) is 8.86. The Balaban J connectivity index is 1.51. The summed E-state index contributed by atoms with van der Waals surface area (Å²) in [7, 11) is 0.295. The summed E-state index contributed by atoms with van der Waals surface area (Å²) in [4.78, 5) is 4.30. The number of aromatic nitrogens is 1. The van der Waals surface area contributed by atoms with Crippen molar-refractivity contribution < 1.29 is 26.9 Å². The number of hydrogen-bond acceptors (Lipinski definition) is 4. The summed E-state index contributed by atoms with van der Waals surface area (Å²) in [6.45, 7) is 0.00140. The first-order valence-electron chi connectivity index (χ1n) is 9.94. The van der Waals surface area contributed by atoms with Crippen molar-refractivity contribution in [2.45, 2.75) is 30.9 Å². The lowest BCUT2D eigenvalue weighted by Crippen LogP contribution is -2.10. The van der Waals surface area contributed by atoms with Crippen LogP contribution in [0.25, 0.3) is 11.1 Å². The molecule has 0 bridgehead atoms. The standard InChI is InChI=1S/C23H21F3N2O3S/c1-30-22-21(28-32(29)20-8-9-20)12-17(13-27-22)16-5-3-7-19(11-16)31-14-15-4-2-6-18(10-15)23(24,25)26/h2-7,10-13,20,28H,8-9,14H2,1H3. The third kappa shape index (κ3) is 5.40. The Bertz CT molecular complexity index is 1130. The Morgan fingerprint density at radius 2 is 1.88 bits per heavy atom. The Morgan fingerprint density at radius 3 is 2.59 bits per heavy atom. The first-order chi connectivity index (χ1) is 15.3. The third-order valence-corrected chi connectivity index (χ3v) is 6.41. The van der Waals surface area contributed by atoms with Gasteiger partial charge >= 0.3 is 6.18 Å². The second kappa shape index (κ2) is 9.20. The number of hydrogen-bond donors (Lipinski definition) is 1. The van der Waals surface area contributed by atoms with Gasteiger partial charge in [0, 0.05) is 11.8 Å². The minimum absolute atomic E-state index is 0.00140. The van der Waals surface area contributed by atoms with Crippen LogP contribution in [0.2, 0.25) is 0 Å². The lowest BCUT2D eigenvalue weighted by Gasteiger charge is -2.13. The van der Waals surface area contributed by atoms with Crippen LogP contribution in [-0.2, 0) is 23.8 Å². The molecule has 0 saturated heterocycles. The highest BCUT2D eigenvalue weighted by atomic mass is 32.2. The molecule has 0 spiro atoms. The number of nitrogens with one attached hydrogen (secondary N) is 1. The zero-order valence-electron chi connectivity index (χ0n) is 17.2. The summed E-state index contributed by atoms with van der Waals surface area (Å²) in [5.74, 6) is 0.853. The molecule has 168 valence electrons. The maximum Gasteiger partial charge on any atom is 0.416 e. The lowest BCUT2D eigenvalue weighted by molar-refractivity contribution is -0.137. The summed E-state index contributed by atoms with van der Waals surface area (Å²) in [5, 5.41) is 0.149. The average Bonchev–Trinajstić information content (AvgIpc) is 3.63. The van der Waals surface area contributed by atoms with Gasteiger partial charge in [0.25, 0.3) is 0 Å². The number of methoxy groups -OCH3 is 1. The van der Waals surface area contributed by atoms with Crippen molar-refractivity contribution >= 4 is 16.7 Å². The molecule has 3 aromatic rings. The molecule has 1 aromatic heterocycles. The molecule has 1 fully saturated rings. The van der Waals surface area contributed by atoms with Gasteiger partial charge in [-0.05, 0) is 54.3 Å². The maximum atomic E-state index is 12.9. The van der Waals surface area contributed by atoms with Gasteiger partial charge < -0.3 is 14.2 Å². The van der Waals surface area contributed by atoms with Gasteiger partial charge in [-0.3, -0.25) is 0 Å². The topological polar surface area (TPSA) is 60.5 Å². The van der Waals surface area contributed by atoms with E-state index in [2.05, 4.69) is 9.71 Å². The van der Waals surface area contributed by atoms with E-state index in [1.54, 1.807) is 36.5 Å². The fourth-order valence-electron chi connectivity index (χ4n) is 3.09. The highest BCUT2D eigenvalue weighted by Gasteiger charge is 2.30. The van der Waals surface area contributed by atoms with Gasteiger partial charge in [-0.25, -0.2) is 9.19 Å². The van der Waals surface area contributed by atoms with E-state index < -0.39 is 22.7 Å². The van der Waals surface area contributed by atoms with Gasteiger partial charge in [-0.1, -0.05) is 24.3 Å². The number of halogens is 3. The molecule has 32 heavy (non-hydrogen) atoms. The van der Waals surface area contributed by atoms with Gasteiger partial charge in [0.05, 0.1) is 17.9 Å². The van der Waals surface area contributed by atoms with E-state index in [9.17, 15) is 17.4 Å². The van der Waals surface area contributed by atoms with Crippen LogP contribution in [0.5, 0.6) is 11.6 Å². The smallest absolute Gasteiger partial charge is 0.416 e. The minimum atomic E-state index is -4.40. The zero-order valence-corrected chi connectivity index (χ0v) is 18.0. The van der Waals surface area contributed by atoms with Crippen LogP contribution >= 0.6 is 0 Å². The van der Waals surface area contributed by atoms with Crippen molar-refractivity contribution in [3.8, 4) is 22.8 Å². The SMILES string of the molecule is COc1ncc(-c2cccc(OCc3cccc(C(F)(F)F)c3)c2)cc1NS(=O)C1CC1. The summed E-state index contributed by atoms with van der Waals surface area (Å²) in [5.41, 5.74) is 1.80. The Kier molecular flexibility index (Phi) is 6.36. The molecule has 1 N–H and O–H groups in total. The van der Waals surface area contributed by atoms with E-state index in [0.717, 1.165) is 36.1 Å². The molecule has 0 aliphatic heterocycles. The number of nitrogens with zero attached hydrogens (tertiary/aromatic N) is 1. The largest absolute Gasteiger partial charge is 0.489 e. The molecule has 2 aromatic carbocycles. The van der Waals surface area contributed by atoms with Crippen molar-refractivity contribution in [2.24, 2.45) is 0 Å². The predicted molar refractivity (Wildman–Crippen MR) is 117 cm³/mol. The Morgan fingerprint density at radius 1 is 1.09 bits per heavy atom. The van der Waals surface area contributed by atoms with E-state index in [-0.39, 0.29) is 11.9 Å². The molecular weight excluding hydrogens is 441 g/mol. The molecule has 5 nitrogen and oxygen atoms in total. The Hall–Kier alpha value is -3.07. The number of benzene rings is 2. The van der Waals surface area contributed by atoms with Crippen molar-refractivity contribution in [2.75, 3.05) is 11.8 Å². The average molecular weight is 462 g/mol. The van der Waals surface area contributed by atoms with E-state index in [0.29, 0.717) is 22.9 Å². The van der Waals surface area contributed by atoms with Gasteiger partial charge in [0.15, 0.2) is 0 Å². The monoisotopic (exact) mass is 462 g/mol. The number of alkyl halides is 3. The molecule has 1 saturated carbocycles. The minimum Gasteiger partial charge on any atom is -0.489 e. The fraction of sp³-hybridized carbons (Fsp3) is 0.261. The highest BCUT2D eigenvalue weighted by Crippen LogP contribution is 2.33. The van der Waals surface area contributed by atoms with Crippen LogP contribution in [0.3, 0.4) is 0 Å². The van der Waals surface area contributed by atoms with Gasteiger partial charge in [0.2, 0.25) is 5.88 Å². The Labute approximate surface area is 186 Å². The third-order valence-electron chi connectivity index (χ3n) is 4.91. The molecule has 0 amide bonds. The quantitative estimate of drug-likeness (QED) is 0.474. The first-order valence-corrected chi connectivity index (χ1v) is 11.2. The molecule has 1 unspecified atom stereocenters. The predicted octanol–water partition coefficient (Wildman–Crippen LogP) is 5.59. The first kappa shape index (κ1) is 22.1. The molecule has 4 rings (SSSR count). The number of pyridine rings is 1. The van der Waals surface area contributed by atoms with Crippen LogP contribution in [0.4, 0.5) is 18.9 Å². The van der Waals surface area contributed by atoms with Gasteiger partial charge in [-0.15, -0.1) is 0 Å². The zero-order chi connectivity index (χ0) is 22.7. The van der Waals surface area contributed by atoms with Crippen LogP contribution in [-0.4, -0.2) is 21.6 Å². The van der Waals surface area contributed by atoms with E-state index in [1.165, 1.54) is 13.2 Å². The number of anilines is 1. The van der Waals surface area contributed by atoms with Crippen molar-refractivity contribution in [3.05, 3.63) is 71.9 Å². The molecule has 1 heterocycles. The molecule has 1 atom stereocenters. The summed E-state index contributed by atoms with van der Waals surface area (Å²) in [6, 6.07) is 14.0. The summed E-state index contributed by atoms with van der Waals surface area (Å²) in [6.07, 6.45) is -0.900. The van der Waals surface area contributed by atoms with E-state index in [1.807, 2.05) is 6.07 Å². The number of rotatable bonds is 8. The highest BCUT2D eigenvalue weighted by molar-refractivity contribution is 7.87. The van der Waals surface area contributed by atoms with Crippen LogP contribution < -0.4 is 14.2 Å². The summed E-state index contributed by atoms with van der Waals surface area (Å²) < 4.78 is 65.0. The molecule has 1 aliphatic carbocycles. The van der Waals surface area contributed by atoms with Gasteiger partial charge in [-0.2, -0.15) is 13.2 Å². The van der Waals surface area contributed by atoms with Crippen molar-refractivity contribution in [1.29, 1.82) is 0 Å². The molecule has 0 radical (unpaired) electrons. The second-order valence-electron chi connectivity index (χ2n) is 7.39. The van der Waals surface area contributed by atoms with E-state index >= 15 is 0 Å². The van der Waals surface area contributed by atoms with E-state index in [4.69, 9.17) is 9.47 Å². The van der Waals surface area contributed by atoms with Crippen molar-refractivity contribution in [3.63, 3.8) is 0 Å². The van der Waals surface area contributed by atoms with Crippen LogP contribution in [0, 0.1) is 0 Å².